The van der Waals surface area contributed by atoms with Crippen LogP contribution in [0.3, 0.4) is 0 Å². The van der Waals surface area contributed by atoms with Gasteiger partial charge in [0.1, 0.15) is 0 Å². The molecule has 0 fully saturated rings. The zero-order chi connectivity index (χ0) is 17.6. The molecule has 7 heteroatoms. The first kappa shape index (κ1) is 18.7. The number of esters is 2. The Morgan fingerprint density at radius 2 is 1.48 bits per heavy atom. The molecule has 0 bridgehead atoms. The number of dihydropyridines is 1. The number of allylic oxidation sites excluding steroid dienone is 2. The van der Waals surface area contributed by atoms with Crippen molar-refractivity contribution in [2.45, 2.75) is 39.5 Å². The third kappa shape index (κ3) is 4.58. The highest BCUT2D eigenvalue weighted by atomic mass is 16.5. The first-order valence-electron chi connectivity index (χ1n) is 7.40. The van der Waals surface area contributed by atoms with Crippen molar-refractivity contribution in [3.8, 4) is 0 Å². The van der Waals surface area contributed by atoms with E-state index in [-0.39, 0.29) is 6.42 Å². The van der Waals surface area contributed by atoms with E-state index in [2.05, 4.69) is 5.32 Å². The lowest BCUT2D eigenvalue weighted by Crippen LogP contribution is -2.33. The Bertz CT molecular complexity index is 523. The molecule has 1 rings (SSSR count). The van der Waals surface area contributed by atoms with Gasteiger partial charge in [0.2, 0.25) is 0 Å². The summed E-state index contributed by atoms with van der Waals surface area (Å²) in [6.07, 6.45) is 1.56. The van der Waals surface area contributed by atoms with E-state index in [4.69, 9.17) is 14.6 Å². The molecule has 0 spiro atoms. The molecule has 0 aromatic carbocycles. The summed E-state index contributed by atoms with van der Waals surface area (Å²) in [6.45, 7) is 3.49. The van der Waals surface area contributed by atoms with Crippen LogP contribution in [0.1, 0.15) is 39.5 Å². The Balaban J connectivity index is 3.08. The Kier molecular flexibility index (Phi) is 6.81. The maximum atomic E-state index is 12.1. The van der Waals surface area contributed by atoms with Gasteiger partial charge < -0.3 is 19.9 Å². The van der Waals surface area contributed by atoms with Gasteiger partial charge in [-0.15, -0.1) is 0 Å². The standard InChI is InChI=1S/C16H23NO6/c1-9-13(15(20)22-3)11(7-5-6-8-12(18)19)14(10(2)17-9)16(21)23-4/h11,17H,5-8H2,1-4H3,(H,18,19). The molecule has 1 aliphatic rings. The minimum Gasteiger partial charge on any atom is -0.481 e. The number of hydrogen-bond donors (Lipinski definition) is 2. The average Bonchev–Trinajstić information content (AvgIpc) is 2.49. The predicted octanol–water partition coefficient (Wildman–Crippen LogP) is 1.74. The number of unbranched alkanes of at least 4 members (excludes halogenated alkanes) is 1. The second-order valence-electron chi connectivity index (χ2n) is 5.38. The normalized spacial score (nSPS) is 15.3. The summed E-state index contributed by atoms with van der Waals surface area (Å²) in [5.41, 5.74) is 2.03. The second-order valence-corrected chi connectivity index (χ2v) is 5.38. The molecule has 1 aliphatic heterocycles. The second kappa shape index (κ2) is 8.36. The fourth-order valence-corrected chi connectivity index (χ4v) is 2.81. The fourth-order valence-electron chi connectivity index (χ4n) is 2.81. The third-order valence-corrected chi connectivity index (χ3v) is 3.82. The van der Waals surface area contributed by atoms with Gasteiger partial charge in [-0.05, 0) is 26.7 Å². The Hall–Kier alpha value is -2.31. The van der Waals surface area contributed by atoms with Crippen LogP contribution in [0.4, 0.5) is 0 Å². The molecule has 0 aromatic rings. The van der Waals surface area contributed by atoms with E-state index in [1.165, 1.54) is 14.2 Å². The Morgan fingerprint density at radius 3 is 1.87 bits per heavy atom. The van der Waals surface area contributed by atoms with Crippen molar-refractivity contribution < 1.29 is 29.0 Å². The largest absolute Gasteiger partial charge is 0.481 e. The highest BCUT2D eigenvalue weighted by Crippen LogP contribution is 2.34. The maximum Gasteiger partial charge on any atom is 0.336 e. The molecule has 0 aliphatic carbocycles. The van der Waals surface area contributed by atoms with E-state index < -0.39 is 23.8 Å². The van der Waals surface area contributed by atoms with Crippen molar-refractivity contribution in [3.63, 3.8) is 0 Å². The number of rotatable bonds is 7. The van der Waals surface area contributed by atoms with E-state index in [0.717, 1.165) is 0 Å². The molecule has 0 radical (unpaired) electrons. The zero-order valence-electron chi connectivity index (χ0n) is 13.9. The highest BCUT2D eigenvalue weighted by molar-refractivity contribution is 5.97. The monoisotopic (exact) mass is 325 g/mol. The quantitative estimate of drug-likeness (QED) is 0.543. The van der Waals surface area contributed by atoms with Gasteiger partial charge in [-0.25, -0.2) is 9.59 Å². The SMILES string of the molecule is COC(=O)C1=C(C)NC(C)=C(C(=O)OC)C1CCCCC(=O)O. The van der Waals surface area contributed by atoms with Gasteiger partial charge >= 0.3 is 17.9 Å². The summed E-state index contributed by atoms with van der Waals surface area (Å²) < 4.78 is 9.65. The first-order chi connectivity index (χ1) is 10.8. The maximum absolute atomic E-state index is 12.1. The van der Waals surface area contributed by atoms with Crippen LogP contribution in [-0.2, 0) is 23.9 Å². The summed E-state index contributed by atoms with van der Waals surface area (Å²) in [5, 5.41) is 11.7. The predicted molar refractivity (Wildman–Crippen MR) is 82.2 cm³/mol. The van der Waals surface area contributed by atoms with Gasteiger partial charge in [0.25, 0.3) is 0 Å². The number of nitrogens with one attached hydrogen (secondary N) is 1. The van der Waals surface area contributed by atoms with Gasteiger partial charge in [-0.1, -0.05) is 6.42 Å². The lowest BCUT2D eigenvalue weighted by molar-refractivity contribution is -0.139. The summed E-state index contributed by atoms with van der Waals surface area (Å²) in [6, 6.07) is 0. The van der Waals surface area contributed by atoms with Crippen molar-refractivity contribution in [1.82, 2.24) is 5.32 Å². The number of carbonyl (C=O) groups is 3. The molecule has 0 saturated heterocycles. The topological polar surface area (TPSA) is 102 Å². The van der Waals surface area contributed by atoms with Crippen LogP contribution in [0.25, 0.3) is 0 Å². The van der Waals surface area contributed by atoms with Crippen LogP contribution < -0.4 is 5.32 Å². The van der Waals surface area contributed by atoms with E-state index in [1.54, 1.807) is 13.8 Å². The smallest absolute Gasteiger partial charge is 0.336 e. The van der Waals surface area contributed by atoms with Crippen molar-refractivity contribution >= 4 is 17.9 Å². The van der Waals surface area contributed by atoms with E-state index >= 15 is 0 Å². The van der Waals surface area contributed by atoms with Gasteiger partial charge in [0.05, 0.1) is 25.4 Å². The van der Waals surface area contributed by atoms with Crippen molar-refractivity contribution in [2.75, 3.05) is 14.2 Å². The summed E-state index contributed by atoms with van der Waals surface area (Å²) in [5.74, 6) is -2.35. The highest BCUT2D eigenvalue weighted by Gasteiger charge is 2.35. The lowest BCUT2D eigenvalue weighted by atomic mass is 9.82. The van der Waals surface area contributed by atoms with Crippen molar-refractivity contribution in [1.29, 1.82) is 0 Å². The van der Waals surface area contributed by atoms with Crippen LogP contribution in [0.15, 0.2) is 22.5 Å². The summed E-state index contributed by atoms with van der Waals surface area (Å²) >= 11 is 0. The van der Waals surface area contributed by atoms with Crippen LogP contribution in [-0.4, -0.2) is 37.2 Å². The summed E-state index contributed by atoms with van der Waals surface area (Å²) in [7, 11) is 2.57. The number of aliphatic carboxylic acids is 1. The molecule has 0 unspecified atom stereocenters. The number of carboxylic acid groups (broad SMARTS) is 1. The summed E-state index contributed by atoms with van der Waals surface area (Å²) in [4.78, 5) is 34.8. The molecule has 1 heterocycles. The Labute approximate surface area is 135 Å². The molecule has 2 N–H and O–H groups in total. The van der Waals surface area contributed by atoms with Gasteiger partial charge in [-0.3, -0.25) is 4.79 Å². The third-order valence-electron chi connectivity index (χ3n) is 3.82. The molecular formula is C16H23NO6. The van der Waals surface area contributed by atoms with Crippen molar-refractivity contribution in [2.24, 2.45) is 5.92 Å². The van der Waals surface area contributed by atoms with Crippen LogP contribution in [0.2, 0.25) is 0 Å². The van der Waals surface area contributed by atoms with E-state index in [1.807, 2.05) is 0 Å². The van der Waals surface area contributed by atoms with Crippen LogP contribution in [0, 0.1) is 5.92 Å². The molecule has 0 atom stereocenters. The van der Waals surface area contributed by atoms with Crippen LogP contribution >= 0.6 is 0 Å². The zero-order valence-corrected chi connectivity index (χ0v) is 13.9. The first-order valence-corrected chi connectivity index (χ1v) is 7.40. The number of ether oxygens (including phenoxy) is 2. The number of methoxy groups -OCH3 is 2. The molecule has 0 saturated carbocycles. The molecule has 0 aromatic heterocycles. The molecule has 7 nitrogen and oxygen atoms in total. The lowest BCUT2D eigenvalue weighted by Gasteiger charge is -2.29. The molecule has 23 heavy (non-hydrogen) atoms. The van der Waals surface area contributed by atoms with Gasteiger partial charge in [-0.2, -0.15) is 0 Å². The minimum atomic E-state index is -0.866. The fraction of sp³-hybridized carbons (Fsp3) is 0.562. The van der Waals surface area contributed by atoms with Crippen LogP contribution in [0.5, 0.6) is 0 Å². The van der Waals surface area contributed by atoms with Gasteiger partial charge in [0, 0.05) is 23.7 Å². The van der Waals surface area contributed by atoms with E-state index in [9.17, 15) is 14.4 Å². The Morgan fingerprint density at radius 1 is 1.00 bits per heavy atom. The average molecular weight is 325 g/mol. The van der Waals surface area contributed by atoms with Gasteiger partial charge in [0.15, 0.2) is 0 Å². The molecule has 0 amide bonds. The molecular weight excluding hydrogens is 302 g/mol. The number of carboxylic acids is 1. The number of hydrogen-bond acceptors (Lipinski definition) is 6. The van der Waals surface area contributed by atoms with Crippen molar-refractivity contribution in [3.05, 3.63) is 22.5 Å². The minimum absolute atomic E-state index is 0.0531. The molecule has 128 valence electrons. The van der Waals surface area contributed by atoms with E-state index in [0.29, 0.717) is 41.8 Å². The number of carbonyl (C=O) groups excluding carboxylic acids is 2.